The topological polar surface area (TPSA) is 81.4 Å². The van der Waals surface area contributed by atoms with Crippen molar-refractivity contribution in [3.8, 4) is 22.8 Å². The van der Waals surface area contributed by atoms with Crippen LogP contribution >= 0.6 is 27.7 Å². The van der Waals surface area contributed by atoms with Gasteiger partial charge in [-0.3, -0.25) is 9.36 Å². The first-order valence-corrected chi connectivity index (χ1v) is 12.4. The number of thioether (sulfide) groups is 1. The molecular weight excluding hydrogens is 526 g/mol. The number of allylic oxidation sites excluding steroid dienone is 1. The summed E-state index contributed by atoms with van der Waals surface area (Å²) in [6.45, 7) is 0. The van der Waals surface area contributed by atoms with Gasteiger partial charge in [-0.05, 0) is 42.5 Å². The van der Waals surface area contributed by atoms with Crippen LogP contribution in [0.15, 0.2) is 99.7 Å². The predicted molar refractivity (Wildman–Crippen MR) is 144 cm³/mol. The number of ether oxygens (including phenoxy) is 1. The Morgan fingerprint density at radius 1 is 1.06 bits per heavy atom. The van der Waals surface area contributed by atoms with E-state index in [2.05, 4.69) is 36.7 Å². The minimum absolute atomic E-state index is 0.136. The molecule has 0 aliphatic carbocycles. The maximum absolute atomic E-state index is 12.4. The summed E-state index contributed by atoms with van der Waals surface area (Å²) >= 11 is 4.77. The van der Waals surface area contributed by atoms with E-state index in [1.54, 1.807) is 13.2 Å². The smallest absolute Gasteiger partial charge is 0.250 e. The largest absolute Gasteiger partial charge is 0.496 e. The second kappa shape index (κ2) is 12.1. The van der Waals surface area contributed by atoms with Crippen molar-refractivity contribution >= 4 is 45.9 Å². The highest BCUT2D eigenvalue weighted by atomic mass is 79.9. The number of nitrogens with zero attached hydrogens (tertiary/aromatic N) is 4. The minimum Gasteiger partial charge on any atom is -0.496 e. The number of rotatable bonds is 9. The van der Waals surface area contributed by atoms with Crippen molar-refractivity contribution in [2.45, 2.75) is 5.16 Å². The number of halogens is 1. The van der Waals surface area contributed by atoms with Crippen LogP contribution in [-0.4, -0.2) is 39.7 Å². The van der Waals surface area contributed by atoms with Crippen LogP contribution in [0.2, 0.25) is 0 Å². The molecule has 1 amide bonds. The maximum atomic E-state index is 12.4. The summed E-state index contributed by atoms with van der Waals surface area (Å²) in [5.41, 5.74) is 5.30. The number of aromatic nitrogens is 3. The van der Waals surface area contributed by atoms with Crippen LogP contribution in [0.25, 0.3) is 23.2 Å². The van der Waals surface area contributed by atoms with E-state index in [-0.39, 0.29) is 11.7 Å². The zero-order valence-electron chi connectivity index (χ0n) is 18.8. The van der Waals surface area contributed by atoms with Crippen LogP contribution in [0.3, 0.4) is 0 Å². The second-order valence-electron chi connectivity index (χ2n) is 7.19. The van der Waals surface area contributed by atoms with E-state index in [1.165, 1.54) is 18.0 Å². The number of hydrogen-bond acceptors (Lipinski definition) is 6. The number of nitrogens with one attached hydrogen (secondary N) is 1. The van der Waals surface area contributed by atoms with Crippen LogP contribution in [0.1, 0.15) is 5.56 Å². The molecule has 4 aromatic rings. The third kappa shape index (κ3) is 6.46. The third-order valence-corrected chi connectivity index (χ3v) is 6.30. The fourth-order valence-corrected chi connectivity index (χ4v) is 4.23. The van der Waals surface area contributed by atoms with Gasteiger partial charge in [-0.15, -0.1) is 10.2 Å². The van der Waals surface area contributed by atoms with E-state index >= 15 is 0 Å². The Morgan fingerprint density at radius 2 is 1.80 bits per heavy atom. The molecule has 0 saturated carbocycles. The summed E-state index contributed by atoms with van der Waals surface area (Å²) < 4.78 is 8.23. The molecule has 0 atom stereocenters. The summed E-state index contributed by atoms with van der Waals surface area (Å²) in [5, 5.41) is 13.3. The van der Waals surface area contributed by atoms with Crippen LogP contribution in [0, 0.1) is 0 Å². The highest BCUT2D eigenvalue weighted by molar-refractivity contribution is 9.10. The monoisotopic (exact) mass is 547 g/mol. The molecule has 9 heteroatoms. The molecule has 0 aliphatic rings. The van der Waals surface area contributed by atoms with Gasteiger partial charge < -0.3 is 4.74 Å². The van der Waals surface area contributed by atoms with E-state index < -0.39 is 0 Å². The van der Waals surface area contributed by atoms with Crippen molar-refractivity contribution in [2.24, 2.45) is 5.10 Å². The number of para-hydroxylation sites is 1. The third-order valence-electron chi connectivity index (χ3n) is 4.85. The van der Waals surface area contributed by atoms with Crippen molar-refractivity contribution in [1.82, 2.24) is 20.2 Å². The molecule has 3 aromatic carbocycles. The molecule has 0 radical (unpaired) electrons. The molecular formula is C26H22BrN5O2S. The number of hydrogen-bond donors (Lipinski definition) is 1. The minimum atomic E-state index is -0.247. The van der Waals surface area contributed by atoms with Crippen LogP contribution in [0.4, 0.5) is 0 Å². The number of carbonyl (C=O) groups excluding carboxylic acids is 1. The van der Waals surface area contributed by atoms with Gasteiger partial charge in [-0.2, -0.15) is 5.10 Å². The first kappa shape index (κ1) is 24.4. The van der Waals surface area contributed by atoms with E-state index in [4.69, 9.17) is 4.74 Å². The van der Waals surface area contributed by atoms with E-state index in [9.17, 15) is 4.79 Å². The van der Waals surface area contributed by atoms with Gasteiger partial charge in [0, 0.05) is 27.5 Å². The fraction of sp³-hybridized carbons (Fsp3) is 0.0769. The van der Waals surface area contributed by atoms with Crippen LogP contribution in [-0.2, 0) is 4.79 Å². The van der Waals surface area contributed by atoms with Crippen molar-refractivity contribution in [3.63, 3.8) is 0 Å². The number of benzene rings is 3. The molecule has 4 rings (SSSR count). The van der Waals surface area contributed by atoms with E-state index in [1.807, 2.05) is 89.5 Å². The molecule has 1 N–H and O–H groups in total. The van der Waals surface area contributed by atoms with Crippen molar-refractivity contribution in [3.05, 3.63) is 95.0 Å². The maximum Gasteiger partial charge on any atom is 0.250 e. The Labute approximate surface area is 216 Å². The summed E-state index contributed by atoms with van der Waals surface area (Å²) in [6.07, 6.45) is 5.11. The van der Waals surface area contributed by atoms with Gasteiger partial charge in [0.1, 0.15) is 5.75 Å². The molecule has 0 bridgehead atoms. The molecule has 0 unspecified atom stereocenters. The molecule has 176 valence electrons. The van der Waals surface area contributed by atoms with Gasteiger partial charge in [0.05, 0.1) is 12.9 Å². The average Bonchev–Trinajstić information content (AvgIpc) is 3.32. The highest BCUT2D eigenvalue weighted by Gasteiger charge is 2.17. The quantitative estimate of drug-likeness (QED) is 0.167. The summed E-state index contributed by atoms with van der Waals surface area (Å²) in [4.78, 5) is 12.4. The molecule has 0 fully saturated rings. The Kier molecular flexibility index (Phi) is 8.48. The number of methoxy groups -OCH3 is 1. The van der Waals surface area contributed by atoms with Crippen LogP contribution < -0.4 is 10.2 Å². The number of hydrazone groups is 1. The van der Waals surface area contributed by atoms with Gasteiger partial charge in [0.25, 0.3) is 5.91 Å². The van der Waals surface area contributed by atoms with E-state index in [0.717, 1.165) is 27.0 Å². The predicted octanol–water partition coefficient (Wildman–Crippen LogP) is 5.61. The lowest BCUT2D eigenvalue weighted by molar-refractivity contribution is -0.118. The molecule has 7 nitrogen and oxygen atoms in total. The first-order valence-electron chi connectivity index (χ1n) is 10.7. The van der Waals surface area contributed by atoms with Crippen molar-refractivity contribution < 1.29 is 9.53 Å². The lowest BCUT2D eigenvalue weighted by atomic mass is 10.2. The average molecular weight is 548 g/mol. The second-order valence-corrected chi connectivity index (χ2v) is 9.05. The lowest BCUT2D eigenvalue weighted by Gasteiger charge is -2.10. The van der Waals surface area contributed by atoms with Gasteiger partial charge in [-0.1, -0.05) is 76.2 Å². The Bertz CT molecular complexity index is 1340. The molecule has 0 spiro atoms. The lowest BCUT2D eigenvalue weighted by Crippen LogP contribution is -2.19. The zero-order chi connectivity index (χ0) is 24.5. The Hall–Kier alpha value is -3.69. The summed E-state index contributed by atoms with van der Waals surface area (Å²) in [5.74, 6) is 1.36. The first-order chi connectivity index (χ1) is 17.2. The molecule has 1 heterocycles. The van der Waals surface area contributed by atoms with Gasteiger partial charge >= 0.3 is 0 Å². The van der Waals surface area contributed by atoms with Gasteiger partial charge in [0.15, 0.2) is 11.0 Å². The summed E-state index contributed by atoms with van der Waals surface area (Å²) in [7, 11) is 1.62. The highest BCUT2D eigenvalue weighted by Crippen LogP contribution is 2.28. The van der Waals surface area contributed by atoms with Gasteiger partial charge in [-0.25, -0.2) is 5.43 Å². The summed E-state index contributed by atoms with van der Waals surface area (Å²) in [6, 6.07) is 25.3. The Balaban J connectivity index is 1.42. The molecule has 1 aromatic heterocycles. The number of carbonyl (C=O) groups is 1. The van der Waals surface area contributed by atoms with E-state index in [0.29, 0.717) is 11.0 Å². The van der Waals surface area contributed by atoms with Crippen LogP contribution in [0.5, 0.6) is 5.75 Å². The van der Waals surface area contributed by atoms with Crippen molar-refractivity contribution in [2.75, 3.05) is 12.9 Å². The fourth-order valence-electron chi connectivity index (χ4n) is 3.23. The van der Waals surface area contributed by atoms with Crippen molar-refractivity contribution in [1.29, 1.82) is 0 Å². The Morgan fingerprint density at radius 3 is 2.57 bits per heavy atom. The zero-order valence-corrected chi connectivity index (χ0v) is 21.2. The van der Waals surface area contributed by atoms with Gasteiger partial charge in [0.2, 0.25) is 0 Å². The molecule has 0 aliphatic heterocycles. The SMILES string of the molecule is COc1ccccc1C=CC=NNC(=O)CSc1nnc(-c2ccccc2)n1-c1ccc(Br)cc1. The standard InChI is InChI=1S/C26H22BrN5O2S/c1-34-23-12-6-5-8-19(23)11-7-17-28-29-24(33)18-35-26-31-30-25(20-9-3-2-4-10-20)32(26)22-15-13-21(27)14-16-22/h2-17H,18H2,1H3,(H,29,33). The normalized spacial score (nSPS) is 11.3. The molecule has 0 saturated heterocycles. The number of amides is 1. The molecule has 35 heavy (non-hydrogen) atoms.